The van der Waals surface area contributed by atoms with Gasteiger partial charge >= 0.3 is 0 Å². The first-order valence-corrected chi connectivity index (χ1v) is 6.75. The van der Waals surface area contributed by atoms with Crippen LogP contribution < -0.4 is 10.6 Å². The van der Waals surface area contributed by atoms with Gasteiger partial charge in [-0.3, -0.25) is 0 Å². The van der Waals surface area contributed by atoms with E-state index in [1.165, 1.54) is 18.5 Å². The minimum absolute atomic E-state index is 0.507. The fraction of sp³-hybridized carbons (Fsp3) is 0.571. The second-order valence-corrected chi connectivity index (χ2v) is 5.53. The lowest BCUT2D eigenvalue weighted by Crippen LogP contribution is -2.41. The Morgan fingerprint density at radius 1 is 1.35 bits per heavy atom. The molecule has 2 unspecified atom stereocenters. The smallest absolute Gasteiger partial charge is 0.0471 e. The maximum atomic E-state index is 6.23. The Hall–Kier alpha value is -0.730. The normalized spacial score (nSPS) is 25.1. The van der Waals surface area contributed by atoms with Gasteiger partial charge in [-0.05, 0) is 37.8 Å². The van der Waals surface area contributed by atoms with Gasteiger partial charge in [0.2, 0.25) is 0 Å². The number of hydrogen-bond acceptors (Lipinski definition) is 2. The maximum Gasteiger partial charge on any atom is 0.0471 e. The van der Waals surface area contributed by atoms with Crippen LogP contribution in [-0.4, -0.2) is 12.6 Å². The van der Waals surface area contributed by atoms with E-state index in [1.54, 1.807) is 0 Å². The number of nitrogens with two attached hydrogens (primary N) is 1. The molecule has 0 radical (unpaired) electrons. The van der Waals surface area contributed by atoms with E-state index in [9.17, 15) is 0 Å². The maximum absolute atomic E-state index is 6.23. The van der Waals surface area contributed by atoms with Gasteiger partial charge in [-0.15, -0.1) is 0 Å². The Balaban J connectivity index is 2.35. The highest BCUT2D eigenvalue weighted by molar-refractivity contribution is 6.31. The molecule has 0 aliphatic carbocycles. The monoisotopic (exact) mass is 252 g/mol. The third-order valence-electron chi connectivity index (χ3n) is 3.73. The number of hydrogen-bond donors (Lipinski definition) is 1. The van der Waals surface area contributed by atoms with Crippen LogP contribution in [0.3, 0.4) is 0 Å². The lowest BCUT2D eigenvalue weighted by Gasteiger charge is -2.39. The lowest BCUT2D eigenvalue weighted by molar-refractivity contribution is 0.390. The van der Waals surface area contributed by atoms with Crippen LogP contribution in [0.2, 0.25) is 5.02 Å². The van der Waals surface area contributed by atoms with Crippen molar-refractivity contribution in [1.29, 1.82) is 0 Å². The van der Waals surface area contributed by atoms with Crippen LogP contribution in [0.5, 0.6) is 0 Å². The molecule has 1 aliphatic heterocycles. The molecule has 1 saturated heterocycles. The van der Waals surface area contributed by atoms with Crippen LogP contribution in [-0.2, 0) is 6.54 Å². The molecule has 0 saturated carbocycles. The van der Waals surface area contributed by atoms with Gasteiger partial charge in [-0.2, -0.15) is 0 Å². The van der Waals surface area contributed by atoms with Gasteiger partial charge in [0.25, 0.3) is 0 Å². The quantitative estimate of drug-likeness (QED) is 0.874. The SMILES string of the molecule is CC1CCC(C)N(c2cccc(Cl)c2CN)C1. The number of halogens is 1. The average Bonchev–Trinajstić information content (AvgIpc) is 2.32. The van der Waals surface area contributed by atoms with Gasteiger partial charge in [0.05, 0.1) is 0 Å². The van der Waals surface area contributed by atoms with E-state index in [2.05, 4.69) is 24.8 Å². The summed E-state index contributed by atoms with van der Waals surface area (Å²) in [6.07, 6.45) is 2.56. The van der Waals surface area contributed by atoms with Crippen LogP contribution in [0, 0.1) is 5.92 Å². The molecular weight excluding hydrogens is 232 g/mol. The fourth-order valence-corrected chi connectivity index (χ4v) is 2.89. The first-order valence-electron chi connectivity index (χ1n) is 6.37. The largest absolute Gasteiger partial charge is 0.368 e. The molecule has 94 valence electrons. The molecule has 0 bridgehead atoms. The van der Waals surface area contributed by atoms with Crippen molar-refractivity contribution in [3.8, 4) is 0 Å². The van der Waals surface area contributed by atoms with E-state index in [0.29, 0.717) is 12.6 Å². The zero-order chi connectivity index (χ0) is 12.4. The molecule has 2 atom stereocenters. The molecular formula is C14H21ClN2. The van der Waals surface area contributed by atoms with Crippen molar-refractivity contribution >= 4 is 17.3 Å². The molecule has 2 N–H and O–H groups in total. The summed E-state index contributed by atoms with van der Waals surface area (Å²) >= 11 is 6.23. The molecule has 1 heterocycles. The molecule has 1 aliphatic rings. The highest BCUT2D eigenvalue weighted by atomic mass is 35.5. The molecule has 1 fully saturated rings. The zero-order valence-corrected chi connectivity index (χ0v) is 11.4. The van der Waals surface area contributed by atoms with Gasteiger partial charge in [0.1, 0.15) is 0 Å². The van der Waals surface area contributed by atoms with Crippen LogP contribution in [0.15, 0.2) is 18.2 Å². The second-order valence-electron chi connectivity index (χ2n) is 5.13. The topological polar surface area (TPSA) is 29.3 Å². The van der Waals surface area contributed by atoms with Gasteiger partial charge in [-0.25, -0.2) is 0 Å². The summed E-state index contributed by atoms with van der Waals surface area (Å²) in [5, 5.41) is 0.787. The number of piperidine rings is 1. The Bertz CT molecular complexity index is 392. The molecule has 1 aromatic rings. The predicted molar refractivity (Wildman–Crippen MR) is 74.5 cm³/mol. The van der Waals surface area contributed by atoms with E-state index in [4.69, 9.17) is 17.3 Å². The summed E-state index contributed by atoms with van der Waals surface area (Å²) in [5.41, 5.74) is 8.13. The van der Waals surface area contributed by atoms with Crippen molar-refractivity contribution in [2.75, 3.05) is 11.4 Å². The Morgan fingerprint density at radius 3 is 2.82 bits per heavy atom. The number of anilines is 1. The van der Waals surface area contributed by atoms with E-state index >= 15 is 0 Å². The molecule has 17 heavy (non-hydrogen) atoms. The third kappa shape index (κ3) is 2.58. The fourth-order valence-electron chi connectivity index (χ4n) is 2.64. The summed E-state index contributed by atoms with van der Waals surface area (Å²) < 4.78 is 0. The first-order chi connectivity index (χ1) is 8.13. The first kappa shape index (κ1) is 12.7. The van der Waals surface area contributed by atoms with E-state index in [-0.39, 0.29) is 0 Å². The van der Waals surface area contributed by atoms with Crippen molar-refractivity contribution in [3.63, 3.8) is 0 Å². The lowest BCUT2D eigenvalue weighted by atomic mass is 9.94. The number of nitrogens with zero attached hydrogens (tertiary/aromatic N) is 1. The molecule has 2 rings (SSSR count). The summed E-state index contributed by atoms with van der Waals surface area (Å²) in [7, 11) is 0. The average molecular weight is 253 g/mol. The minimum Gasteiger partial charge on any atom is -0.368 e. The van der Waals surface area contributed by atoms with E-state index in [0.717, 1.165) is 23.0 Å². The van der Waals surface area contributed by atoms with Gasteiger partial charge < -0.3 is 10.6 Å². The van der Waals surface area contributed by atoms with E-state index < -0.39 is 0 Å². The van der Waals surface area contributed by atoms with Crippen LogP contribution >= 0.6 is 11.6 Å². The molecule has 2 nitrogen and oxygen atoms in total. The Kier molecular flexibility index (Phi) is 3.95. The molecule has 0 spiro atoms. The molecule has 3 heteroatoms. The van der Waals surface area contributed by atoms with Crippen molar-refractivity contribution in [2.45, 2.75) is 39.3 Å². The standard InChI is InChI=1S/C14H21ClN2/c1-10-6-7-11(2)17(9-10)14-5-3-4-13(15)12(14)8-16/h3-5,10-11H,6-9,16H2,1-2H3. The minimum atomic E-state index is 0.507. The van der Waals surface area contributed by atoms with Crippen molar-refractivity contribution in [2.24, 2.45) is 11.7 Å². The number of rotatable bonds is 2. The summed E-state index contributed by atoms with van der Waals surface area (Å²) in [5.74, 6) is 0.746. The summed E-state index contributed by atoms with van der Waals surface area (Å²) in [6.45, 7) is 6.21. The number of benzene rings is 1. The summed E-state index contributed by atoms with van der Waals surface area (Å²) in [4.78, 5) is 2.46. The summed E-state index contributed by atoms with van der Waals surface area (Å²) in [6, 6.07) is 6.66. The van der Waals surface area contributed by atoms with Gasteiger partial charge in [0.15, 0.2) is 0 Å². The van der Waals surface area contributed by atoms with Gasteiger partial charge in [-0.1, -0.05) is 24.6 Å². The highest BCUT2D eigenvalue weighted by Crippen LogP contribution is 2.33. The molecule has 0 amide bonds. The molecule has 1 aromatic carbocycles. The van der Waals surface area contributed by atoms with Crippen LogP contribution in [0.1, 0.15) is 32.3 Å². The second kappa shape index (κ2) is 5.28. The Labute approximate surface area is 109 Å². The predicted octanol–water partition coefficient (Wildman–Crippen LogP) is 3.42. The van der Waals surface area contributed by atoms with Crippen molar-refractivity contribution in [3.05, 3.63) is 28.8 Å². The van der Waals surface area contributed by atoms with Crippen LogP contribution in [0.4, 0.5) is 5.69 Å². The van der Waals surface area contributed by atoms with Gasteiger partial charge in [0, 0.05) is 35.4 Å². The van der Waals surface area contributed by atoms with Crippen molar-refractivity contribution in [1.82, 2.24) is 0 Å². The third-order valence-corrected chi connectivity index (χ3v) is 4.08. The van der Waals surface area contributed by atoms with Crippen molar-refractivity contribution < 1.29 is 0 Å². The van der Waals surface area contributed by atoms with Crippen LogP contribution in [0.25, 0.3) is 0 Å². The zero-order valence-electron chi connectivity index (χ0n) is 10.6. The Morgan fingerprint density at radius 2 is 2.12 bits per heavy atom. The molecule has 0 aromatic heterocycles. The highest BCUT2D eigenvalue weighted by Gasteiger charge is 2.24. The van der Waals surface area contributed by atoms with E-state index in [1.807, 2.05) is 12.1 Å².